The highest BCUT2D eigenvalue weighted by Gasteiger charge is 2.21. The molecule has 0 saturated carbocycles. The summed E-state index contributed by atoms with van der Waals surface area (Å²) in [5.41, 5.74) is 0.871. The first kappa shape index (κ1) is 20.1. The zero-order valence-electron chi connectivity index (χ0n) is 13.8. The third kappa shape index (κ3) is 5.94. The second-order valence-corrected chi connectivity index (χ2v) is 5.94. The molecule has 1 amide bonds. The van der Waals surface area contributed by atoms with Crippen LogP contribution in [0, 0.1) is 10.8 Å². The van der Waals surface area contributed by atoms with Crippen molar-refractivity contribution in [3.63, 3.8) is 0 Å². The summed E-state index contributed by atoms with van der Waals surface area (Å²) in [5.74, 6) is -0.570. The molecule has 2 rings (SSSR count). The summed E-state index contributed by atoms with van der Waals surface area (Å²) in [4.78, 5) is 24.7. The molecule has 24 heavy (non-hydrogen) atoms. The van der Waals surface area contributed by atoms with Crippen LogP contribution in [-0.4, -0.2) is 35.5 Å². The van der Waals surface area contributed by atoms with Gasteiger partial charge in [0, 0.05) is 13.1 Å². The smallest absolute Gasteiger partial charge is 0.277 e. The molecule has 0 bridgehead atoms. The first-order valence-electron chi connectivity index (χ1n) is 7.88. The zero-order valence-corrected chi connectivity index (χ0v) is 14.6. The fourth-order valence-electron chi connectivity index (χ4n) is 2.78. The number of carbonyl (C=O) groups is 1. The number of rotatable bonds is 6. The Kier molecular flexibility index (Phi) is 8.43. The van der Waals surface area contributed by atoms with E-state index in [-0.39, 0.29) is 18.2 Å². The number of allylic oxidation sites excluding steroid dienone is 1. The highest BCUT2D eigenvalue weighted by molar-refractivity contribution is 5.93. The summed E-state index contributed by atoms with van der Waals surface area (Å²) in [6.07, 6.45) is 2.00. The molecule has 1 aliphatic rings. The minimum absolute atomic E-state index is 0. The number of likely N-dealkylation sites (tertiary alicyclic amines) is 1. The molecule has 1 heterocycles. The molecule has 132 valence electrons. The van der Waals surface area contributed by atoms with Crippen LogP contribution in [0.1, 0.15) is 25.3 Å². The Bertz CT molecular complexity index is 566. The molecule has 6 nitrogen and oxygen atoms in total. The Balaban J connectivity index is 0.00000288. The second kappa shape index (κ2) is 10.1. The van der Waals surface area contributed by atoms with Crippen LogP contribution in [0.3, 0.4) is 0 Å². The van der Waals surface area contributed by atoms with Crippen LogP contribution in [0.4, 0.5) is 0 Å². The van der Waals surface area contributed by atoms with Gasteiger partial charge in [-0.3, -0.25) is 9.69 Å². The van der Waals surface area contributed by atoms with E-state index in [1.807, 2.05) is 18.2 Å². The molecule has 1 aromatic rings. The first-order chi connectivity index (χ1) is 11.1. The van der Waals surface area contributed by atoms with Crippen molar-refractivity contribution < 1.29 is 9.90 Å². The molecule has 2 N–H and O–H groups in total. The van der Waals surface area contributed by atoms with Crippen molar-refractivity contribution in [2.75, 3.05) is 19.6 Å². The Hall–Kier alpha value is -1.92. The Labute approximate surface area is 148 Å². The normalized spacial score (nSPS) is 16.7. The lowest BCUT2D eigenvalue weighted by Crippen LogP contribution is -2.38. The molecule has 1 aromatic carbocycles. The van der Waals surface area contributed by atoms with Gasteiger partial charge in [-0.1, -0.05) is 30.3 Å². The molecule has 0 unspecified atom stereocenters. The van der Waals surface area contributed by atoms with Crippen molar-refractivity contribution in [2.45, 2.75) is 26.3 Å². The summed E-state index contributed by atoms with van der Waals surface area (Å²) >= 11 is 0. The van der Waals surface area contributed by atoms with Gasteiger partial charge in [-0.25, -0.2) is 0 Å². The molecule has 0 spiro atoms. The number of aliphatic hydroxyl groups is 1. The molecule has 0 radical (unpaired) electrons. The average Bonchev–Trinajstić information content (AvgIpc) is 2.55. The fraction of sp³-hybridized carbons (Fsp3) is 0.471. The largest absolute Gasteiger partial charge is 0.510 e. The number of hydrogen-bond donors (Lipinski definition) is 2. The number of halogens is 1. The molecular weight excluding hydrogens is 330 g/mol. The van der Waals surface area contributed by atoms with E-state index < -0.39 is 11.6 Å². The van der Waals surface area contributed by atoms with Gasteiger partial charge in [0.05, 0.1) is 0 Å². The third-order valence-corrected chi connectivity index (χ3v) is 4.16. The molecule has 0 aliphatic carbocycles. The van der Waals surface area contributed by atoms with Crippen LogP contribution in [-0.2, 0) is 11.3 Å². The Morgan fingerprint density at radius 2 is 1.92 bits per heavy atom. The molecule has 0 aromatic heterocycles. The lowest BCUT2D eigenvalue weighted by Gasteiger charge is -2.32. The maximum atomic E-state index is 11.7. The number of piperidine rings is 1. The summed E-state index contributed by atoms with van der Waals surface area (Å²) in [6, 6.07) is 10.4. The number of nitrogens with zero attached hydrogens (tertiary/aromatic N) is 2. The lowest BCUT2D eigenvalue weighted by atomic mass is 9.96. The van der Waals surface area contributed by atoms with Crippen LogP contribution in [0.25, 0.3) is 0 Å². The highest BCUT2D eigenvalue weighted by Crippen LogP contribution is 2.18. The van der Waals surface area contributed by atoms with Crippen LogP contribution >= 0.6 is 12.4 Å². The molecule has 1 saturated heterocycles. The van der Waals surface area contributed by atoms with Gasteiger partial charge in [-0.05, 0) is 49.5 Å². The Morgan fingerprint density at radius 3 is 2.46 bits per heavy atom. The summed E-state index contributed by atoms with van der Waals surface area (Å²) < 4.78 is 0. The van der Waals surface area contributed by atoms with E-state index >= 15 is 0 Å². The number of aliphatic hydroxyl groups excluding tert-OH is 1. The minimum atomic E-state index is -0.605. The van der Waals surface area contributed by atoms with E-state index in [1.54, 1.807) is 0 Å². The van der Waals surface area contributed by atoms with E-state index in [1.165, 1.54) is 12.5 Å². The van der Waals surface area contributed by atoms with Gasteiger partial charge in [0.15, 0.2) is 0 Å². The van der Waals surface area contributed by atoms with Crippen LogP contribution in [0.2, 0.25) is 0 Å². The van der Waals surface area contributed by atoms with Crippen molar-refractivity contribution in [2.24, 2.45) is 11.1 Å². The van der Waals surface area contributed by atoms with Crippen LogP contribution in [0.5, 0.6) is 0 Å². The van der Waals surface area contributed by atoms with Gasteiger partial charge in [-0.2, -0.15) is 0 Å². The van der Waals surface area contributed by atoms with Gasteiger partial charge >= 0.3 is 0 Å². The van der Waals surface area contributed by atoms with E-state index in [2.05, 4.69) is 27.5 Å². The SMILES string of the molecule is C/C(O)=C(\N=O)C(=O)NCC1CCN(Cc2ccccc2)CC1.Cl. The molecule has 7 heteroatoms. The van der Waals surface area contributed by atoms with Crippen molar-refractivity contribution in [1.82, 2.24) is 10.2 Å². The number of carbonyl (C=O) groups excluding carboxylic acids is 1. The topological polar surface area (TPSA) is 82.0 Å². The zero-order chi connectivity index (χ0) is 16.7. The van der Waals surface area contributed by atoms with Crippen molar-refractivity contribution in [1.29, 1.82) is 0 Å². The number of nitroso groups, excluding NO2 is 1. The second-order valence-electron chi connectivity index (χ2n) is 5.94. The summed E-state index contributed by atoms with van der Waals surface area (Å²) in [7, 11) is 0. The predicted molar refractivity (Wildman–Crippen MR) is 95.8 cm³/mol. The van der Waals surface area contributed by atoms with E-state index in [4.69, 9.17) is 0 Å². The standard InChI is InChI=1S/C17H23N3O3.ClH/c1-13(21)16(19-23)17(22)18-11-14-7-9-20(10-8-14)12-15-5-3-2-4-6-15;/h2-6,14,21H,7-12H2,1H3,(H,18,22);1H/b16-13+;. The van der Waals surface area contributed by atoms with Crippen molar-refractivity contribution >= 4 is 18.3 Å². The monoisotopic (exact) mass is 353 g/mol. The lowest BCUT2D eigenvalue weighted by molar-refractivity contribution is -0.118. The summed E-state index contributed by atoms with van der Waals surface area (Å²) in [5, 5.41) is 14.5. The highest BCUT2D eigenvalue weighted by atomic mass is 35.5. The summed E-state index contributed by atoms with van der Waals surface area (Å²) in [6.45, 7) is 4.71. The maximum Gasteiger partial charge on any atom is 0.277 e. The van der Waals surface area contributed by atoms with E-state index in [0.717, 1.165) is 32.5 Å². The molecule has 0 atom stereocenters. The molecule has 1 aliphatic heterocycles. The van der Waals surface area contributed by atoms with E-state index in [9.17, 15) is 14.8 Å². The maximum absolute atomic E-state index is 11.7. The van der Waals surface area contributed by atoms with Crippen molar-refractivity contribution in [3.05, 3.63) is 52.3 Å². The van der Waals surface area contributed by atoms with Gasteiger partial charge in [0.2, 0.25) is 5.70 Å². The Morgan fingerprint density at radius 1 is 1.29 bits per heavy atom. The average molecular weight is 354 g/mol. The van der Waals surface area contributed by atoms with Gasteiger partial charge < -0.3 is 10.4 Å². The fourth-order valence-corrected chi connectivity index (χ4v) is 2.78. The molecular formula is C17H24ClN3O3. The predicted octanol–water partition coefficient (Wildman–Crippen LogP) is 2.99. The first-order valence-corrected chi connectivity index (χ1v) is 7.88. The number of benzene rings is 1. The van der Waals surface area contributed by atoms with Gasteiger partial charge in [0.1, 0.15) is 5.76 Å². The van der Waals surface area contributed by atoms with Crippen LogP contribution < -0.4 is 5.32 Å². The third-order valence-electron chi connectivity index (χ3n) is 4.16. The number of hydrogen-bond acceptors (Lipinski definition) is 5. The minimum Gasteiger partial charge on any atom is -0.510 e. The van der Waals surface area contributed by atoms with E-state index in [0.29, 0.717) is 12.5 Å². The molecule has 1 fully saturated rings. The van der Waals surface area contributed by atoms with Gasteiger partial charge in [-0.15, -0.1) is 17.3 Å². The van der Waals surface area contributed by atoms with Crippen LogP contribution in [0.15, 0.2) is 47.0 Å². The van der Waals surface area contributed by atoms with Crippen molar-refractivity contribution in [3.8, 4) is 0 Å². The quantitative estimate of drug-likeness (QED) is 0.468. The van der Waals surface area contributed by atoms with Gasteiger partial charge in [0.25, 0.3) is 5.91 Å². The number of amides is 1. The number of nitrogens with one attached hydrogen (secondary N) is 1.